The first-order chi connectivity index (χ1) is 13.3. The van der Waals surface area contributed by atoms with Gasteiger partial charge >= 0.3 is 0 Å². The number of amides is 2. The van der Waals surface area contributed by atoms with Gasteiger partial charge in [0, 0.05) is 0 Å². The molecule has 8 nitrogen and oxygen atoms in total. The zero-order chi connectivity index (χ0) is 20.1. The van der Waals surface area contributed by atoms with Gasteiger partial charge in [0.05, 0.1) is 33.5 Å². The summed E-state index contributed by atoms with van der Waals surface area (Å²) in [7, 11) is -3.15. The highest BCUT2D eigenvalue weighted by molar-refractivity contribution is 7.91. The van der Waals surface area contributed by atoms with Gasteiger partial charge in [0.1, 0.15) is 0 Å². The van der Waals surface area contributed by atoms with E-state index in [1.54, 1.807) is 6.92 Å². The van der Waals surface area contributed by atoms with E-state index in [1.807, 2.05) is 18.2 Å². The number of aromatic nitrogens is 1. The van der Waals surface area contributed by atoms with Gasteiger partial charge in [-0.05, 0) is 37.5 Å². The van der Waals surface area contributed by atoms with Crippen molar-refractivity contribution in [1.29, 1.82) is 0 Å². The number of rotatable bonds is 4. The van der Waals surface area contributed by atoms with Crippen LogP contribution < -0.4 is 5.32 Å². The predicted molar refractivity (Wildman–Crippen MR) is 108 cm³/mol. The molecule has 0 unspecified atom stereocenters. The highest BCUT2D eigenvalue weighted by Crippen LogP contribution is 2.29. The van der Waals surface area contributed by atoms with Crippen LogP contribution in [0.5, 0.6) is 0 Å². The number of carbonyl (C=O) groups is 2. The van der Waals surface area contributed by atoms with Crippen molar-refractivity contribution in [3.63, 3.8) is 0 Å². The molecule has 1 aromatic carbocycles. The minimum Gasteiger partial charge on any atom is -0.301 e. The Morgan fingerprint density at radius 3 is 2.86 bits per heavy atom. The third kappa shape index (κ3) is 3.42. The largest absolute Gasteiger partial charge is 0.301 e. The quantitative estimate of drug-likeness (QED) is 0.759. The van der Waals surface area contributed by atoms with Crippen molar-refractivity contribution in [3.05, 3.63) is 23.8 Å². The Labute approximate surface area is 166 Å². The number of hydrogen-bond acceptors (Lipinski definition) is 7. The number of hydrogen-bond donors (Lipinski definition) is 1. The average Bonchev–Trinajstić information content (AvgIpc) is 3.28. The molecule has 1 N–H and O–H groups in total. The summed E-state index contributed by atoms with van der Waals surface area (Å²) in [6, 6.07) is 5.45. The summed E-state index contributed by atoms with van der Waals surface area (Å²) in [6.45, 7) is 3.68. The number of benzene rings is 1. The minimum atomic E-state index is -3.15. The zero-order valence-electron chi connectivity index (χ0n) is 15.5. The summed E-state index contributed by atoms with van der Waals surface area (Å²) >= 11 is 1.36. The van der Waals surface area contributed by atoms with Crippen molar-refractivity contribution in [2.45, 2.75) is 32.7 Å². The molecule has 0 spiro atoms. The van der Waals surface area contributed by atoms with Crippen molar-refractivity contribution < 1.29 is 18.0 Å². The van der Waals surface area contributed by atoms with E-state index in [0.717, 1.165) is 16.6 Å². The molecule has 0 saturated carbocycles. The number of thiazole rings is 1. The van der Waals surface area contributed by atoms with E-state index in [4.69, 9.17) is 0 Å². The maximum absolute atomic E-state index is 12.7. The topological polar surface area (TPSA) is 109 Å². The molecule has 4 rings (SSSR count). The highest BCUT2D eigenvalue weighted by Gasteiger charge is 2.45. The van der Waals surface area contributed by atoms with Crippen LogP contribution in [-0.4, -0.2) is 53.5 Å². The monoisotopic (exact) mass is 420 g/mol. The molecule has 1 fully saturated rings. The summed E-state index contributed by atoms with van der Waals surface area (Å²) in [5.74, 6) is -2.10. The molecule has 3 heterocycles. The summed E-state index contributed by atoms with van der Waals surface area (Å²) in [6.07, 6.45) is 1.26. The second-order valence-electron chi connectivity index (χ2n) is 7.08. The Kier molecular flexibility index (Phi) is 4.70. The highest BCUT2D eigenvalue weighted by atomic mass is 32.2. The van der Waals surface area contributed by atoms with Crippen LogP contribution in [0.4, 0.5) is 5.13 Å². The second-order valence-corrected chi connectivity index (χ2v) is 10.3. The van der Waals surface area contributed by atoms with E-state index in [2.05, 4.69) is 22.3 Å². The SMILES string of the molecule is CCc1ccc2nc(NC(=O)[C@@H]3C(=O)N([C@H]4CCS(=O)(=O)C4)N=C3C)sc2c1. The maximum Gasteiger partial charge on any atom is 0.261 e. The lowest BCUT2D eigenvalue weighted by atomic mass is 10.0. The molecule has 0 aliphatic carbocycles. The van der Waals surface area contributed by atoms with Gasteiger partial charge in [-0.2, -0.15) is 5.10 Å². The number of nitrogens with one attached hydrogen (secondary N) is 1. The number of nitrogens with zero attached hydrogens (tertiary/aromatic N) is 3. The number of carbonyl (C=O) groups excluding carboxylic acids is 2. The van der Waals surface area contributed by atoms with Gasteiger partial charge in [0.2, 0.25) is 5.91 Å². The molecule has 0 radical (unpaired) electrons. The molecule has 2 atom stereocenters. The maximum atomic E-state index is 12.7. The van der Waals surface area contributed by atoms with Crippen molar-refractivity contribution in [1.82, 2.24) is 9.99 Å². The van der Waals surface area contributed by atoms with Crippen LogP contribution in [0.1, 0.15) is 25.8 Å². The Morgan fingerprint density at radius 1 is 1.39 bits per heavy atom. The van der Waals surface area contributed by atoms with Crippen LogP contribution in [0.15, 0.2) is 23.3 Å². The molecule has 1 aromatic heterocycles. The number of hydrazone groups is 1. The smallest absolute Gasteiger partial charge is 0.261 e. The van der Waals surface area contributed by atoms with Gasteiger partial charge in [-0.1, -0.05) is 24.3 Å². The number of sulfone groups is 1. The van der Waals surface area contributed by atoms with Gasteiger partial charge in [-0.3, -0.25) is 9.59 Å². The van der Waals surface area contributed by atoms with Gasteiger partial charge in [0.25, 0.3) is 5.91 Å². The molecule has 1 saturated heterocycles. The van der Waals surface area contributed by atoms with E-state index in [0.29, 0.717) is 17.3 Å². The molecule has 148 valence electrons. The summed E-state index contributed by atoms with van der Waals surface area (Å²) in [5, 5.41) is 8.51. The first kappa shape index (κ1) is 19.0. The van der Waals surface area contributed by atoms with Crippen LogP contribution in [-0.2, 0) is 25.8 Å². The Balaban J connectivity index is 1.51. The Bertz CT molecular complexity index is 1110. The fourth-order valence-corrected chi connectivity index (χ4v) is 6.16. The molecule has 10 heteroatoms. The Morgan fingerprint density at radius 2 is 2.18 bits per heavy atom. The fourth-order valence-electron chi connectivity index (χ4n) is 3.54. The molecular formula is C18H20N4O4S2. The molecule has 2 amide bonds. The molecule has 0 bridgehead atoms. The van der Waals surface area contributed by atoms with Crippen LogP contribution in [0.25, 0.3) is 10.2 Å². The summed E-state index contributed by atoms with van der Waals surface area (Å²) in [4.78, 5) is 29.9. The standard InChI is InChI=1S/C18H20N4O4S2/c1-3-11-4-5-13-14(8-11)27-18(19-13)20-16(23)15-10(2)21-22(17(15)24)12-6-7-28(25,26)9-12/h4-5,8,12,15H,3,6-7,9H2,1-2H3,(H,19,20,23)/t12-,15+/m0/s1. The van der Waals surface area contributed by atoms with Crippen molar-refractivity contribution in [3.8, 4) is 0 Å². The van der Waals surface area contributed by atoms with E-state index < -0.39 is 33.6 Å². The molecule has 2 aliphatic heterocycles. The lowest BCUT2D eigenvalue weighted by molar-refractivity contribution is -0.137. The van der Waals surface area contributed by atoms with Crippen LogP contribution in [0, 0.1) is 5.92 Å². The lowest BCUT2D eigenvalue weighted by Gasteiger charge is -2.19. The van der Waals surface area contributed by atoms with Gasteiger partial charge in [-0.25, -0.2) is 18.4 Å². The van der Waals surface area contributed by atoms with Gasteiger partial charge in [0.15, 0.2) is 20.9 Å². The summed E-state index contributed by atoms with van der Waals surface area (Å²) < 4.78 is 24.4. The van der Waals surface area contributed by atoms with E-state index in [-0.39, 0.29) is 11.5 Å². The van der Waals surface area contributed by atoms with Crippen molar-refractivity contribution in [2.24, 2.45) is 11.0 Å². The minimum absolute atomic E-state index is 0.0400. The third-order valence-corrected chi connectivity index (χ3v) is 7.75. The number of anilines is 1. The van der Waals surface area contributed by atoms with Crippen molar-refractivity contribution in [2.75, 3.05) is 16.8 Å². The van der Waals surface area contributed by atoms with Gasteiger partial charge in [-0.15, -0.1) is 0 Å². The number of fused-ring (bicyclic) bond motifs is 1. The molecule has 2 aromatic rings. The van der Waals surface area contributed by atoms with Crippen molar-refractivity contribution >= 4 is 54.0 Å². The van der Waals surface area contributed by atoms with Crippen LogP contribution in [0.2, 0.25) is 0 Å². The lowest BCUT2D eigenvalue weighted by Crippen LogP contribution is -2.40. The van der Waals surface area contributed by atoms with E-state index >= 15 is 0 Å². The number of aryl methyl sites for hydroxylation is 1. The van der Waals surface area contributed by atoms with Crippen LogP contribution in [0.3, 0.4) is 0 Å². The summed E-state index contributed by atoms with van der Waals surface area (Å²) in [5.41, 5.74) is 2.34. The molecule has 2 aliphatic rings. The Hall–Kier alpha value is -2.33. The van der Waals surface area contributed by atoms with E-state index in [1.165, 1.54) is 21.9 Å². The van der Waals surface area contributed by atoms with Crippen LogP contribution >= 0.6 is 11.3 Å². The fraction of sp³-hybridized carbons (Fsp3) is 0.444. The van der Waals surface area contributed by atoms with E-state index in [9.17, 15) is 18.0 Å². The normalized spacial score (nSPS) is 24.0. The zero-order valence-corrected chi connectivity index (χ0v) is 17.1. The predicted octanol–water partition coefficient (Wildman–Crippen LogP) is 1.82. The van der Waals surface area contributed by atoms with Gasteiger partial charge < -0.3 is 5.32 Å². The first-order valence-corrected chi connectivity index (χ1v) is 11.7. The molecular weight excluding hydrogens is 400 g/mol. The average molecular weight is 421 g/mol. The second kappa shape index (κ2) is 6.93. The molecule has 28 heavy (non-hydrogen) atoms. The first-order valence-electron chi connectivity index (χ1n) is 9.06. The third-order valence-electron chi connectivity index (χ3n) is 5.06.